The molecule has 2 rings (SSSR count). The van der Waals surface area contributed by atoms with Crippen molar-refractivity contribution in [1.29, 1.82) is 0 Å². The van der Waals surface area contributed by atoms with Crippen LogP contribution in [-0.4, -0.2) is 23.3 Å². The molecule has 1 saturated carbocycles. The maximum absolute atomic E-state index is 12.2. The number of aliphatic hydroxyl groups excluding tert-OH is 1. The van der Waals surface area contributed by atoms with Crippen LogP contribution in [0.1, 0.15) is 51.0 Å². The summed E-state index contributed by atoms with van der Waals surface area (Å²) in [6.45, 7) is 3.76. The fraction of sp³-hybridized carbons (Fsp3) is 0.556. The van der Waals surface area contributed by atoms with E-state index in [0.717, 1.165) is 31.2 Å². The summed E-state index contributed by atoms with van der Waals surface area (Å²) in [7, 11) is 0. The number of aliphatic hydroxyl groups is 1. The minimum atomic E-state index is -4.67. The molecule has 9 heteroatoms. The maximum atomic E-state index is 12.2. The first-order valence-corrected chi connectivity index (χ1v) is 9.78. The second-order valence-electron chi connectivity index (χ2n) is 5.85. The molecule has 1 aromatic rings. The van der Waals surface area contributed by atoms with E-state index >= 15 is 0 Å². The number of nitrogens with one attached hydrogen (secondary N) is 1. The largest absolute Gasteiger partial charge is 0.573 e. The first kappa shape index (κ1) is 23.5. The molecule has 27 heavy (non-hydrogen) atoms. The summed E-state index contributed by atoms with van der Waals surface area (Å²) in [5.41, 5.74) is 9.73. The van der Waals surface area contributed by atoms with Gasteiger partial charge in [0.25, 0.3) is 0 Å². The lowest BCUT2D eigenvalue weighted by molar-refractivity contribution is -0.274. The van der Waals surface area contributed by atoms with Crippen molar-refractivity contribution in [1.82, 2.24) is 5.43 Å². The Kier molecular flexibility index (Phi) is 9.82. The number of hydrogen-bond donors (Lipinski definition) is 4. The highest BCUT2D eigenvalue weighted by Gasteiger charge is 2.31. The SMILES string of the molecule is CC.NN/C(CO)=C(\N)SC1CCC(c2ccc(OC(F)(F)F)cc2)CC1. The molecule has 0 radical (unpaired) electrons. The van der Waals surface area contributed by atoms with Crippen LogP contribution < -0.4 is 21.7 Å². The number of halogens is 3. The molecule has 154 valence electrons. The third-order valence-corrected chi connectivity index (χ3v) is 5.49. The van der Waals surface area contributed by atoms with Crippen LogP contribution in [0, 0.1) is 0 Å². The Morgan fingerprint density at radius 2 is 1.74 bits per heavy atom. The molecule has 1 aromatic carbocycles. The van der Waals surface area contributed by atoms with Gasteiger partial charge in [-0.15, -0.1) is 24.9 Å². The molecule has 1 aliphatic rings. The molecular formula is C18H28F3N3O2S. The fourth-order valence-corrected chi connectivity index (χ4v) is 4.03. The van der Waals surface area contributed by atoms with Gasteiger partial charge >= 0.3 is 6.36 Å². The predicted molar refractivity (Wildman–Crippen MR) is 103 cm³/mol. The quantitative estimate of drug-likeness (QED) is 0.421. The molecule has 0 spiro atoms. The third kappa shape index (κ3) is 7.90. The highest BCUT2D eigenvalue weighted by molar-refractivity contribution is 8.03. The zero-order valence-electron chi connectivity index (χ0n) is 15.6. The smallest absolute Gasteiger partial charge is 0.406 e. The van der Waals surface area contributed by atoms with Gasteiger partial charge < -0.3 is 21.0 Å². The highest BCUT2D eigenvalue weighted by Crippen LogP contribution is 2.39. The number of hydrazine groups is 1. The average molecular weight is 408 g/mol. The molecule has 0 saturated heterocycles. The Balaban J connectivity index is 0.00000176. The number of rotatable bonds is 6. The lowest BCUT2D eigenvalue weighted by atomic mass is 9.84. The van der Waals surface area contributed by atoms with Gasteiger partial charge in [-0.1, -0.05) is 26.0 Å². The number of nitrogens with two attached hydrogens (primary N) is 2. The van der Waals surface area contributed by atoms with Gasteiger partial charge in [0.05, 0.1) is 17.3 Å². The van der Waals surface area contributed by atoms with E-state index in [1.807, 2.05) is 13.8 Å². The second kappa shape index (κ2) is 11.3. The fourth-order valence-electron chi connectivity index (χ4n) is 2.90. The Labute approximate surface area is 162 Å². The van der Waals surface area contributed by atoms with Gasteiger partial charge in [-0.25, -0.2) is 0 Å². The van der Waals surface area contributed by atoms with E-state index in [9.17, 15) is 13.2 Å². The summed E-state index contributed by atoms with van der Waals surface area (Å²) >= 11 is 1.49. The Morgan fingerprint density at radius 1 is 1.19 bits per heavy atom. The van der Waals surface area contributed by atoms with Crippen molar-refractivity contribution in [3.63, 3.8) is 0 Å². The highest BCUT2D eigenvalue weighted by atomic mass is 32.2. The van der Waals surface area contributed by atoms with Gasteiger partial charge in [0.2, 0.25) is 0 Å². The number of alkyl halides is 3. The molecule has 0 heterocycles. The molecule has 6 N–H and O–H groups in total. The summed E-state index contributed by atoms with van der Waals surface area (Å²) in [6, 6.07) is 6.08. The summed E-state index contributed by atoms with van der Waals surface area (Å²) in [6.07, 6.45) is -0.958. The molecule has 5 nitrogen and oxygen atoms in total. The van der Waals surface area contributed by atoms with Gasteiger partial charge in [0.15, 0.2) is 0 Å². The van der Waals surface area contributed by atoms with Gasteiger partial charge in [-0.2, -0.15) is 0 Å². The van der Waals surface area contributed by atoms with Crippen molar-refractivity contribution in [3.05, 3.63) is 40.6 Å². The van der Waals surface area contributed by atoms with Crippen LogP contribution in [0.4, 0.5) is 13.2 Å². The molecule has 1 aliphatic carbocycles. The monoisotopic (exact) mass is 407 g/mol. The third-order valence-electron chi connectivity index (χ3n) is 4.18. The normalized spacial score (nSPS) is 20.9. The van der Waals surface area contributed by atoms with Gasteiger partial charge in [-0.05, 0) is 49.3 Å². The van der Waals surface area contributed by atoms with Crippen LogP contribution in [0.5, 0.6) is 5.75 Å². The standard InChI is InChI=1S/C16H22F3N3O2S.C2H6/c17-16(18,19)24-12-5-1-10(2-6-12)11-3-7-13(8-4-11)25-15(20)14(9-23)22-21;1-2/h1-2,5-6,11,13,22-23H,3-4,7-9,20-21H2;1-2H3/b15-14+;. The van der Waals surface area contributed by atoms with Crippen molar-refractivity contribution < 1.29 is 23.0 Å². The van der Waals surface area contributed by atoms with E-state index in [1.165, 1.54) is 23.9 Å². The number of ether oxygens (including phenoxy) is 1. The van der Waals surface area contributed by atoms with Crippen LogP contribution in [0.3, 0.4) is 0 Å². The van der Waals surface area contributed by atoms with Crippen LogP contribution in [0.2, 0.25) is 0 Å². The molecule has 1 fully saturated rings. The Hall–Kier alpha value is -1.58. The molecular weight excluding hydrogens is 379 g/mol. The average Bonchev–Trinajstić information content (AvgIpc) is 2.64. The summed E-state index contributed by atoms with van der Waals surface area (Å²) in [4.78, 5) is 0. The lowest BCUT2D eigenvalue weighted by Crippen LogP contribution is -2.27. The zero-order valence-corrected chi connectivity index (χ0v) is 16.4. The number of thioether (sulfide) groups is 1. The van der Waals surface area contributed by atoms with Crippen LogP contribution in [-0.2, 0) is 0 Å². The predicted octanol–water partition coefficient (Wildman–Crippen LogP) is 3.95. The lowest BCUT2D eigenvalue weighted by Gasteiger charge is -2.29. The van der Waals surface area contributed by atoms with Crippen molar-refractivity contribution >= 4 is 11.8 Å². The van der Waals surface area contributed by atoms with Gasteiger partial charge in [0.1, 0.15) is 5.75 Å². The Morgan fingerprint density at radius 3 is 2.19 bits per heavy atom. The van der Waals surface area contributed by atoms with Gasteiger partial charge in [-0.3, -0.25) is 5.84 Å². The number of benzene rings is 1. The van der Waals surface area contributed by atoms with Gasteiger partial charge in [0, 0.05) is 5.25 Å². The first-order chi connectivity index (χ1) is 12.8. The van der Waals surface area contributed by atoms with E-state index in [-0.39, 0.29) is 12.4 Å². The molecule has 0 amide bonds. The van der Waals surface area contributed by atoms with E-state index < -0.39 is 6.36 Å². The van der Waals surface area contributed by atoms with Crippen molar-refractivity contribution in [3.8, 4) is 5.75 Å². The molecule has 0 unspecified atom stereocenters. The molecule has 0 bridgehead atoms. The maximum Gasteiger partial charge on any atom is 0.573 e. The van der Waals surface area contributed by atoms with E-state index in [2.05, 4.69) is 10.2 Å². The first-order valence-electron chi connectivity index (χ1n) is 8.91. The van der Waals surface area contributed by atoms with Crippen LogP contribution in [0.25, 0.3) is 0 Å². The van der Waals surface area contributed by atoms with E-state index in [1.54, 1.807) is 12.1 Å². The zero-order chi connectivity index (χ0) is 20.4. The Bertz CT molecular complexity index is 581. The van der Waals surface area contributed by atoms with E-state index in [4.69, 9.17) is 16.7 Å². The van der Waals surface area contributed by atoms with Crippen molar-refractivity contribution in [2.45, 2.75) is 57.1 Å². The summed E-state index contributed by atoms with van der Waals surface area (Å²) in [5.74, 6) is 5.40. The minimum absolute atomic E-state index is 0.204. The molecule has 0 aromatic heterocycles. The number of hydrogen-bond acceptors (Lipinski definition) is 6. The summed E-state index contributed by atoms with van der Waals surface area (Å²) < 4.78 is 40.4. The van der Waals surface area contributed by atoms with Crippen molar-refractivity contribution in [2.24, 2.45) is 11.6 Å². The summed E-state index contributed by atoms with van der Waals surface area (Å²) in [5, 5.41) is 9.96. The minimum Gasteiger partial charge on any atom is -0.406 e. The van der Waals surface area contributed by atoms with E-state index in [0.29, 0.717) is 21.9 Å². The van der Waals surface area contributed by atoms with Crippen LogP contribution >= 0.6 is 11.8 Å². The second-order valence-corrected chi connectivity index (χ2v) is 7.20. The molecule has 0 atom stereocenters. The van der Waals surface area contributed by atoms with Crippen LogP contribution in [0.15, 0.2) is 35.0 Å². The topological polar surface area (TPSA) is 93.5 Å². The van der Waals surface area contributed by atoms with Crippen molar-refractivity contribution in [2.75, 3.05) is 6.61 Å². The molecule has 0 aliphatic heterocycles.